The Bertz CT molecular complexity index is 637. The molecule has 0 aromatic heterocycles. The van der Waals surface area contributed by atoms with E-state index in [1.54, 1.807) is 0 Å². The number of benzene rings is 1. The van der Waals surface area contributed by atoms with Gasteiger partial charge in [-0.05, 0) is 50.0 Å². The zero-order chi connectivity index (χ0) is 17.8. The average Bonchev–Trinajstić information content (AvgIpc) is 3.43. The Morgan fingerprint density at radius 1 is 1.08 bits per heavy atom. The molecule has 0 saturated carbocycles. The smallest absolute Gasteiger partial charge is 0.193 e. The van der Waals surface area contributed by atoms with E-state index in [1.165, 1.54) is 43.6 Å². The van der Waals surface area contributed by atoms with E-state index in [0.717, 1.165) is 38.7 Å². The fourth-order valence-corrected chi connectivity index (χ4v) is 4.37. The molecular weight excluding hydrogens is 322 g/mol. The standard InChI is InChI=1S/C21H31N5/c1-22-21(26-15-10-20(17-26)25-13-4-5-14-25)23-16-18-6-8-19(9-7-18)24-11-2-3-12-24/h2-3,6-9,20H,4-5,10-17H2,1H3,(H,22,23). The van der Waals surface area contributed by atoms with Crippen molar-refractivity contribution in [1.82, 2.24) is 15.1 Å². The topological polar surface area (TPSA) is 34.1 Å². The summed E-state index contributed by atoms with van der Waals surface area (Å²) < 4.78 is 0. The van der Waals surface area contributed by atoms with Crippen LogP contribution in [0.4, 0.5) is 5.69 Å². The van der Waals surface area contributed by atoms with Crippen LogP contribution in [0.2, 0.25) is 0 Å². The third-order valence-electron chi connectivity index (χ3n) is 5.90. The van der Waals surface area contributed by atoms with Crippen LogP contribution in [0.5, 0.6) is 0 Å². The molecule has 0 spiro atoms. The van der Waals surface area contributed by atoms with E-state index in [-0.39, 0.29) is 0 Å². The molecule has 0 radical (unpaired) electrons. The first kappa shape index (κ1) is 17.4. The first-order chi connectivity index (χ1) is 12.8. The number of nitrogens with zero attached hydrogens (tertiary/aromatic N) is 4. The molecule has 0 aliphatic carbocycles. The van der Waals surface area contributed by atoms with Gasteiger partial charge in [0, 0.05) is 51.5 Å². The SMILES string of the molecule is CN=C(NCc1ccc(N2CC=CC2)cc1)N1CCC(N2CCCC2)C1. The molecule has 0 bridgehead atoms. The summed E-state index contributed by atoms with van der Waals surface area (Å²) in [6.07, 6.45) is 8.45. The largest absolute Gasteiger partial charge is 0.364 e. The molecule has 26 heavy (non-hydrogen) atoms. The number of guanidine groups is 1. The fourth-order valence-electron chi connectivity index (χ4n) is 4.37. The molecule has 5 nitrogen and oxygen atoms in total. The van der Waals surface area contributed by atoms with Crippen molar-refractivity contribution in [2.75, 3.05) is 51.2 Å². The Morgan fingerprint density at radius 3 is 2.50 bits per heavy atom. The molecule has 5 heteroatoms. The van der Waals surface area contributed by atoms with E-state index < -0.39 is 0 Å². The third kappa shape index (κ3) is 3.88. The number of likely N-dealkylation sites (tertiary alicyclic amines) is 2. The minimum absolute atomic E-state index is 0.712. The van der Waals surface area contributed by atoms with Gasteiger partial charge in [0.2, 0.25) is 0 Å². The summed E-state index contributed by atoms with van der Waals surface area (Å²) in [6.45, 7) is 7.67. The van der Waals surface area contributed by atoms with Gasteiger partial charge in [0.1, 0.15) is 0 Å². The molecule has 1 unspecified atom stereocenters. The summed E-state index contributed by atoms with van der Waals surface area (Å²) in [4.78, 5) is 12.0. The monoisotopic (exact) mass is 353 g/mol. The predicted octanol–water partition coefficient (Wildman–Crippen LogP) is 2.31. The van der Waals surface area contributed by atoms with Crippen molar-refractivity contribution >= 4 is 11.6 Å². The second-order valence-corrected chi connectivity index (χ2v) is 7.58. The highest BCUT2D eigenvalue weighted by atomic mass is 15.3. The lowest BCUT2D eigenvalue weighted by Crippen LogP contribution is -2.42. The summed E-state index contributed by atoms with van der Waals surface area (Å²) in [7, 11) is 1.90. The maximum Gasteiger partial charge on any atom is 0.193 e. The predicted molar refractivity (Wildman–Crippen MR) is 109 cm³/mol. The summed E-state index contributed by atoms with van der Waals surface area (Å²) in [5, 5.41) is 3.56. The van der Waals surface area contributed by atoms with Crippen molar-refractivity contribution in [3.8, 4) is 0 Å². The van der Waals surface area contributed by atoms with Crippen molar-refractivity contribution in [2.45, 2.75) is 31.8 Å². The van der Waals surface area contributed by atoms with Gasteiger partial charge in [0.05, 0.1) is 0 Å². The summed E-state index contributed by atoms with van der Waals surface area (Å²) in [5.74, 6) is 1.04. The van der Waals surface area contributed by atoms with Crippen LogP contribution in [0.15, 0.2) is 41.4 Å². The van der Waals surface area contributed by atoms with Crippen molar-refractivity contribution in [2.24, 2.45) is 4.99 Å². The molecule has 1 atom stereocenters. The molecule has 1 N–H and O–H groups in total. The van der Waals surface area contributed by atoms with Crippen LogP contribution < -0.4 is 10.2 Å². The number of anilines is 1. The number of nitrogens with one attached hydrogen (secondary N) is 1. The van der Waals surface area contributed by atoms with Crippen molar-refractivity contribution in [1.29, 1.82) is 0 Å². The lowest BCUT2D eigenvalue weighted by atomic mass is 10.2. The van der Waals surface area contributed by atoms with E-state index in [0.29, 0.717) is 6.04 Å². The van der Waals surface area contributed by atoms with Crippen LogP contribution in [-0.4, -0.2) is 68.1 Å². The second-order valence-electron chi connectivity index (χ2n) is 7.58. The van der Waals surface area contributed by atoms with Crippen LogP contribution >= 0.6 is 0 Å². The maximum atomic E-state index is 4.52. The van der Waals surface area contributed by atoms with E-state index in [1.807, 2.05) is 7.05 Å². The number of hydrogen-bond donors (Lipinski definition) is 1. The highest BCUT2D eigenvalue weighted by molar-refractivity contribution is 5.80. The molecule has 1 aromatic rings. The number of rotatable bonds is 4. The van der Waals surface area contributed by atoms with Crippen molar-refractivity contribution in [3.05, 3.63) is 42.0 Å². The molecule has 3 aliphatic rings. The van der Waals surface area contributed by atoms with E-state index >= 15 is 0 Å². The Kier molecular flexibility index (Phi) is 5.44. The molecule has 0 amide bonds. The van der Waals surface area contributed by atoms with Crippen LogP contribution in [0.3, 0.4) is 0 Å². The average molecular weight is 354 g/mol. The van der Waals surface area contributed by atoms with E-state index in [4.69, 9.17) is 0 Å². The van der Waals surface area contributed by atoms with Crippen molar-refractivity contribution in [3.63, 3.8) is 0 Å². The zero-order valence-electron chi connectivity index (χ0n) is 15.9. The van der Waals surface area contributed by atoms with E-state index in [9.17, 15) is 0 Å². The Morgan fingerprint density at radius 2 is 1.81 bits per heavy atom. The fraction of sp³-hybridized carbons (Fsp3) is 0.571. The quantitative estimate of drug-likeness (QED) is 0.512. The van der Waals surface area contributed by atoms with Gasteiger partial charge in [-0.1, -0.05) is 24.3 Å². The number of aliphatic imine (C=N–C) groups is 1. The van der Waals surface area contributed by atoms with Crippen LogP contribution in [0.1, 0.15) is 24.8 Å². The minimum atomic E-state index is 0.712. The Labute approximate surface area is 157 Å². The highest BCUT2D eigenvalue weighted by Gasteiger charge is 2.30. The molecule has 1 aromatic carbocycles. The molecule has 2 fully saturated rings. The van der Waals surface area contributed by atoms with Gasteiger partial charge < -0.3 is 15.1 Å². The van der Waals surface area contributed by atoms with Gasteiger partial charge in [0.15, 0.2) is 5.96 Å². The van der Waals surface area contributed by atoms with Gasteiger partial charge in [-0.3, -0.25) is 9.89 Å². The van der Waals surface area contributed by atoms with Gasteiger partial charge in [-0.15, -0.1) is 0 Å². The highest BCUT2D eigenvalue weighted by Crippen LogP contribution is 2.21. The normalized spacial score (nSPS) is 24.0. The van der Waals surface area contributed by atoms with Gasteiger partial charge in [0.25, 0.3) is 0 Å². The molecule has 4 rings (SSSR count). The Balaban J connectivity index is 1.28. The molecule has 3 aliphatic heterocycles. The molecule has 3 heterocycles. The second kappa shape index (κ2) is 8.12. The summed E-state index contributed by atoms with van der Waals surface area (Å²) in [5.41, 5.74) is 2.61. The Hall–Kier alpha value is -2.01. The van der Waals surface area contributed by atoms with Crippen molar-refractivity contribution < 1.29 is 0 Å². The summed E-state index contributed by atoms with van der Waals surface area (Å²) in [6, 6.07) is 9.62. The summed E-state index contributed by atoms with van der Waals surface area (Å²) >= 11 is 0. The molecule has 2 saturated heterocycles. The molecule has 140 valence electrons. The minimum Gasteiger partial charge on any atom is -0.364 e. The van der Waals surface area contributed by atoms with E-state index in [2.05, 4.69) is 61.4 Å². The first-order valence-corrected chi connectivity index (χ1v) is 10.0. The van der Waals surface area contributed by atoms with Gasteiger partial charge in [-0.2, -0.15) is 0 Å². The number of hydrogen-bond acceptors (Lipinski definition) is 3. The lowest BCUT2D eigenvalue weighted by molar-refractivity contribution is 0.249. The third-order valence-corrected chi connectivity index (χ3v) is 5.90. The van der Waals surface area contributed by atoms with Crippen LogP contribution in [-0.2, 0) is 6.54 Å². The first-order valence-electron chi connectivity index (χ1n) is 10.0. The maximum absolute atomic E-state index is 4.52. The zero-order valence-corrected chi connectivity index (χ0v) is 15.9. The van der Waals surface area contributed by atoms with Gasteiger partial charge in [-0.25, -0.2) is 0 Å². The molecular formula is C21H31N5. The van der Waals surface area contributed by atoms with Crippen LogP contribution in [0.25, 0.3) is 0 Å². The van der Waals surface area contributed by atoms with Crippen LogP contribution in [0, 0.1) is 0 Å². The lowest BCUT2D eigenvalue weighted by Gasteiger charge is -2.25. The van der Waals surface area contributed by atoms with Gasteiger partial charge >= 0.3 is 0 Å².